The van der Waals surface area contributed by atoms with E-state index in [9.17, 15) is 29.9 Å². The Bertz CT molecular complexity index is 1440. The number of nitrogens with zero attached hydrogens (tertiary/aromatic N) is 3. The molecule has 0 atom stereocenters. The molecule has 0 radical (unpaired) electrons. The molecule has 0 saturated carbocycles. The van der Waals surface area contributed by atoms with Gasteiger partial charge in [0.15, 0.2) is 17.0 Å². The number of non-ortho nitro benzene ring substituents is 1. The van der Waals surface area contributed by atoms with Gasteiger partial charge in [0.25, 0.3) is 11.8 Å². The molecule has 0 saturated heterocycles. The van der Waals surface area contributed by atoms with E-state index in [-0.39, 0.29) is 40.9 Å². The van der Waals surface area contributed by atoms with E-state index < -0.39 is 28.2 Å². The Kier molecular flexibility index (Phi) is 6.39. The van der Waals surface area contributed by atoms with E-state index in [1.807, 2.05) is 0 Å². The molecule has 178 valence electrons. The number of para-hydroxylation sites is 2. The largest absolute Gasteiger partial charge is 0.504 e. The fourth-order valence-electron chi connectivity index (χ4n) is 3.29. The van der Waals surface area contributed by atoms with E-state index >= 15 is 0 Å². The molecule has 13 nitrogen and oxygen atoms in total. The third-order valence-corrected chi connectivity index (χ3v) is 4.99. The van der Waals surface area contributed by atoms with Gasteiger partial charge in [-0.05, 0) is 40.6 Å². The van der Waals surface area contributed by atoms with Gasteiger partial charge in [-0.2, -0.15) is 0 Å². The van der Waals surface area contributed by atoms with E-state index in [0.29, 0.717) is 11.4 Å². The van der Waals surface area contributed by atoms with Crippen LogP contribution >= 0.6 is 0 Å². The van der Waals surface area contributed by atoms with Crippen molar-refractivity contribution in [3.63, 3.8) is 0 Å². The van der Waals surface area contributed by atoms with E-state index in [2.05, 4.69) is 30.9 Å². The lowest BCUT2D eigenvalue weighted by Gasteiger charge is -2.13. The zero-order valence-corrected chi connectivity index (χ0v) is 17.9. The molecule has 0 unspecified atom stereocenters. The molecule has 0 bridgehead atoms. The zero-order chi connectivity index (χ0) is 24.9. The molecule has 3 aromatic carbocycles. The van der Waals surface area contributed by atoms with Crippen LogP contribution in [0.25, 0.3) is 11.0 Å². The van der Waals surface area contributed by atoms with Crippen LogP contribution in [0.5, 0.6) is 11.5 Å². The third-order valence-electron chi connectivity index (χ3n) is 4.99. The fraction of sp³-hybridized carbons (Fsp3) is 0.0909. The first kappa shape index (κ1) is 23.0. The Balaban J connectivity index is 1.42. The lowest BCUT2D eigenvalue weighted by atomic mass is 10.1. The number of nitro benzene ring substituents is 1. The van der Waals surface area contributed by atoms with Crippen LogP contribution in [-0.2, 0) is 0 Å². The summed E-state index contributed by atoms with van der Waals surface area (Å²) in [4.78, 5) is 35.5. The highest BCUT2D eigenvalue weighted by molar-refractivity contribution is 6.02. The van der Waals surface area contributed by atoms with Crippen LogP contribution in [0.1, 0.15) is 20.7 Å². The standard InChI is InChI=1S/C22H18N6O7/c29-17-7-3-5-13(20(17)30)22(32)24-11-10-23-21(31)12-4-1-2-6-14(12)25-15-8-9-16(28(33)34)19-18(15)26-35-27-19/h1-9,25,29-30H,10-11H2,(H,23,31)(H,24,32). The number of hydrogen-bond acceptors (Lipinski definition) is 10. The summed E-state index contributed by atoms with van der Waals surface area (Å²) in [6.45, 7) is 0.135. The lowest BCUT2D eigenvalue weighted by molar-refractivity contribution is -0.383. The number of amides is 2. The summed E-state index contributed by atoms with van der Waals surface area (Å²) in [6.07, 6.45) is 0. The Morgan fingerprint density at radius 3 is 2.26 bits per heavy atom. The molecular formula is C22H18N6O7. The summed E-state index contributed by atoms with van der Waals surface area (Å²) in [6, 6.07) is 13.3. The molecule has 0 aliphatic rings. The first-order valence-electron chi connectivity index (χ1n) is 10.2. The number of anilines is 2. The van der Waals surface area contributed by atoms with Crippen LogP contribution in [0.2, 0.25) is 0 Å². The van der Waals surface area contributed by atoms with E-state index in [1.54, 1.807) is 24.3 Å². The maximum absolute atomic E-state index is 12.8. The second-order valence-electron chi connectivity index (χ2n) is 7.21. The van der Waals surface area contributed by atoms with Crippen molar-refractivity contribution in [2.75, 3.05) is 18.4 Å². The third kappa shape index (κ3) is 4.78. The second kappa shape index (κ2) is 9.74. The monoisotopic (exact) mass is 478 g/mol. The minimum atomic E-state index is -0.613. The number of aromatic nitrogens is 2. The van der Waals surface area contributed by atoms with Crippen molar-refractivity contribution in [1.82, 2.24) is 20.9 Å². The van der Waals surface area contributed by atoms with Gasteiger partial charge in [0.1, 0.15) is 0 Å². The molecule has 35 heavy (non-hydrogen) atoms. The van der Waals surface area contributed by atoms with E-state index in [4.69, 9.17) is 0 Å². The maximum Gasteiger partial charge on any atom is 0.300 e. The van der Waals surface area contributed by atoms with Gasteiger partial charge >= 0.3 is 5.69 Å². The van der Waals surface area contributed by atoms with Gasteiger partial charge in [0.05, 0.1) is 27.4 Å². The highest BCUT2D eigenvalue weighted by atomic mass is 16.6. The summed E-state index contributed by atoms with van der Waals surface area (Å²) in [5.41, 5.74) is 0.763. The Morgan fingerprint density at radius 1 is 0.857 bits per heavy atom. The van der Waals surface area contributed by atoms with Crippen LogP contribution in [0, 0.1) is 10.1 Å². The molecule has 5 N–H and O–H groups in total. The minimum absolute atomic E-state index is 0.0320. The van der Waals surface area contributed by atoms with Crippen molar-refractivity contribution in [2.45, 2.75) is 0 Å². The molecule has 2 amide bonds. The van der Waals surface area contributed by atoms with Crippen LogP contribution < -0.4 is 16.0 Å². The van der Waals surface area contributed by atoms with Gasteiger partial charge in [-0.3, -0.25) is 19.7 Å². The van der Waals surface area contributed by atoms with Gasteiger partial charge in [0, 0.05) is 19.2 Å². The fourth-order valence-corrected chi connectivity index (χ4v) is 3.29. The predicted molar refractivity (Wildman–Crippen MR) is 123 cm³/mol. The Hall–Kier alpha value is -5.20. The number of benzene rings is 3. The summed E-state index contributed by atoms with van der Waals surface area (Å²) < 4.78 is 4.65. The summed E-state index contributed by atoms with van der Waals surface area (Å²) in [5.74, 6) is -2.00. The van der Waals surface area contributed by atoms with Crippen molar-refractivity contribution in [2.24, 2.45) is 0 Å². The highest BCUT2D eigenvalue weighted by Crippen LogP contribution is 2.31. The number of fused-ring (bicyclic) bond motifs is 1. The number of rotatable bonds is 8. The summed E-state index contributed by atoms with van der Waals surface area (Å²) >= 11 is 0. The van der Waals surface area contributed by atoms with Crippen LogP contribution in [0.3, 0.4) is 0 Å². The zero-order valence-electron chi connectivity index (χ0n) is 17.9. The average molecular weight is 478 g/mol. The van der Waals surface area contributed by atoms with Crippen LogP contribution in [0.4, 0.5) is 17.1 Å². The number of nitro groups is 1. The van der Waals surface area contributed by atoms with Crippen LogP contribution in [-0.4, -0.2) is 50.4 Å². The number of carbonyl (C=O) groups excluding carboxylic acids is 2. The maximum atomic E-state index is 12.8. The Morgan fingerprint density at radius 2 is 1.51 bits per heavy atom. The number of phenols is 2. The number of hydrogen-bond donors (Lipinski definition) is 5. The van der Waals surface area contributed by atoms with Crippen molar-refractivity contribution < 1.29 is 29.4 Å². The highest BCUT2D eigenvalue weighted by Gasteiger charge is 2.21. The van der Waals surface area contributed by atoms with Gasteiger partial charge in [0.2, 0.25) is 5.52 Å². The van der Waals surface area contributed by atoms with Gasteiger partial charge in [-0.25, -0.2) is 4.63 Å². The first-order valence-corrected chi connectivity index (χ1v) is 10.2. The van der Waals surface area contributed by atoms with E-state index in [0.717, 1.165) is 0 Å². The average Bonchev–Trinajstić information content (AvgIpc) is 3.34. The number of nitrogens with one attached hydrogen (secondary N) is 3. The molecule has 13 heteroatoms. The molecule has 0 spiro atoms. The molecule has 4 rings (SSSR count). The number of carbonyl (C=O) groups is 2. The van der Waals surface area contributed by atoms with Crippen molar-refractivity contribution in [1.29, 1.82) is 0 Å². The predicted octanol–water partition coefficient (Wildman–Crippen LogP) is 2.45. The van der Waals surface area contributed by atoms with Gasteiger partial charge in [-0.15, -0.1) is 0 Å². The van der Waals surface area contributed by atoms with Crippen LogP contribution in [0.15, 0.2) is 59.2 Å². The topological polar surface area (TPSA) is 193 Å². The van der Waals surface area contributed by atoms with E-state index in [1.165, 1.54) is 30.3 Å². The SMILES string of the molecule is O=C(NCCNC(=O)c1cccc(O)c1O)c1ccccc1Nc1ccc([N+](=O)[O-])c2nonc12. The van der Waals surface area contributed by atoms with Crippen molar-refractivity contribution in [3.05, 3.63) is 75.8 Å². The minimum Gasteiger partial charge on any atom is -0.504 e. The summed E-state index contributed by atoms with van der Waals surface area (Å²) in [7, 11) is 0. The molecule has 1 heterocycles. The summed E-state index contributed by atoms with van der Waals surface area (Å²) in [5, 5.41) is 46.0. The van der Waals surface area contributed by atoms with Crippen molar-refractivity contribution >= 4 is 39.9 Å². The quantitative estimate of drug-likeness (QED) is 0.109. The Labute approximate surface area is 196 Å². The number of aromatic hydroxyl groups is 2. The lowest BCUT2D eigenvalue weighted by Crippen LogP contribution is -2.34. The molecule has 0 aliphatic carbocycles. The molecule has 0 aliphatic heterocycles. The second-order valence-corrected chi connectivity index (χ2v) is 7.21. The molecule has 4 aromatic rings. The normalized spacial score (nSPS) is 10.6. The molecule has 1 aromatic heterocycles. The first-order chi connectivity index (χ1) is 16.9. The molecule has 0 fully saturated rings. The van der Waals surface area contributed by atoms with Crippen molar-refractivity contribution in [3.8, 4) is 11.5 Å². The smallest absolute Gasteiger partial charge is 0.300 e. The number of phenolic OH excluding ortho intramolecular Hbond substituents is 2. The molecular weight excluding hydrogens is 460 g/mol. The van der Waals surface area contributed by atoms with Gasteiger partial charge < -0.3 is 26.2 Å². The van der Waals surface area contributed by atoms with Gasteiger partial charge in [-0.1, -0.05) is 18.2 Å².